The molecule has 3 aromatic rings. The first-order chi connectivity index (χ1) is 13.2. The molecule has 0 aliphatic rings. The van der Waals surface area contributed by atoms with Gasteiger partial charge in [0.2, 0.25) is 5.91 Å². The van der Waals surface area contributed by atoms with Gasteiger partial charge in [-0.15, -0.1) is 0 Å². The summed E-state index contributed by atoms with van der Waals surface area (Å²) in [7, 11) is 0. The van der Waals surface area contributed by atoms with Gasteiger partial charge >= 0.3 is 0 Å². The zero-order valence-corrected chi connectivity index (χ0v) is 17.4. The quantitative estimate of drug-likeness (QED) is 0.545. The molecule has 1 heterocycles. The number of anilines is 3. The van der Waals surface area contributed by atoms with Gasteiger partial charge < -0.3 is 16.4 Å². The lowest BCUT2D eigenvalue weighted by Gasteiger charge is -2.23. The Morgan fingerprint density at radius 1 is 1.25 bits per heavy atom. The van der Waals surface area contributed by atoms with Crippen LogP contribution in [0.25, 0.3) is 10.9 Å². The van der Waals surface area contributed by atoms with Crippen LogP contribution < -0.4 is 16.4 Å². The van der Waals surface area contributed by atoms with E-state index in [0.717, 1.165) is 15.7 Å². The second-order valence-corrected chi connectivity index (χ2v) is 8.03. The third kappa shape index (κ3) is 4.14. The predicted molar refractivity (Wildman–Crippen MR) is 115 cm³/mol. The Labute approximate surface area is 171 Å². The van der Waals surface area contributed by atoms with E-state index in [9.17, 15) is 10.1 Å². The summed E-state index contributed by atoms with van der Waals surface area (Å²) in [5.41, 5.74) is 9.56. The van der Waals surface area contributed by atoms with E-state index in [4.69, 9.17) is 5.73 Å². The van der Waals surface area contributed by atoms with Crippen molar-refractivity contribution in [2.45, 2.75) is 26.3 Å². The van der Waals surface area contributed by atoms with Crippen molar-refractivity contribution in [1.29, 1.82) is 5.26 Å². The largest absolute Gasteiger partial charge is 0.354 e. The summed E-state index contributed by atoms with van der Waals surface area (Å²) in [6, 6.07) is 13.5. The van der Waals surface area contributed by atoms with Crippen LogP contribution >= 0.6 is 15.9 Å². The number of benzene rings is 2. The smallest absolute Gasteiger partial charge is 0.221 e. The summed E-state index contributed by atoms with van der Waals surface area (Å²) in [5.74, 6) is -0.189. The van der Waals surface area contributed by atoms with Crippen LogP contribution in [0.2, 0.25) is 0 Å². The number of nitrogens with two attached hydrogens (primary N) is 1. The second-order valence-electron chi connectivity index (χ2n) is 7.12. The third-order valence-electron chi connectivity index (χ3n) is 4.20. The molecule has 0 unspecified atom stereocenters. The van der Waals surface area contributed by atoms with Gasteiger partial charge in [0.25, 0.3) is 0 Å². The summed E-state index contributed by atoms with van der Waals surface area (Å²) < 4.78 is 0.914. The molecule has 7 heteroatoms. The van der Waals surface area contributed by atoms with E-state index >= 15 is 0 Å². The summed E-state index contributed by atoms with van der Waals surface area (Å²) in [6.45, 7) is 5.20. The molecule has 0 saturated carbocycles. The summed E-state index contributed by atoms with van der Waals surface area (Å²) in [6.07, 6.45) is 1.54. The van der Waals surface area contributed by atoms with Crippen LogP contribution in [0.3, 0.4) is 0 Å². The number of nitrogens with one attached hydrogen (secondary N) is 2. The zero-order valence-electron chi connectivity index (χ0n) is 15.8. The van der Waals surface area contributed by atoms with Gasteiger partial charge in [-0.2, -0.15) is 5.26 Å². The number of carbonyl (C=O) groups excluding carboxylic acids is 1. The van der Waals surface area contributed by atoms with E-state index in [-0.39, 0.29) is 5.91 Å². The fourth-order valence-corrected chi connectivity index (χ4v) is 3.40. The molecule has 28 heavy (non-hydrogen) atoms. The number of hydrogen-bond donors (Lipinski definition) is 3. The number of nitrogens with zero attached hydrogens (tertiary/aromatic N) is 2. The summed E-state index contributed by atoms with van der Waals surface area (Å²) >= 11 is 3.46. The van der Waals surface area contributed by atoms with Gasteiger partial charge in [-0.05, 0) is 49.7 Å². The van der Waals surface area contributed by atoms with E-state index in [1.54, 1.807) is 6.07 Å². The van der Waals surface area contributed by atoms with Gasteiger partial charge in [0.15, 0.2) is 0 Å². The highest BCUT2D eigenvalue weighted by atomic mass is 79.9. The molecule has 142 valence electrons. The molecule has 1 aromatic heterocycles. The van der Waals surface area contributed by atoms with Crippen LogP contribution in [0.15, 0.2) is 47.1 Å². The number of carbonyl (C=O) groups is 1. The third-order valence-corrected chi connectivity index (χ3v) is 4.69. The molecule has 0 saturated heterocycles. The Morgan fingerprint density at radius 3 is 2.61 bits per heavy atom. The van der Waals surface area contributed by atoms with Crippen LogP contribution in [0.4, 0.5) is 17.1 Å². The first kappa shape index (κ1) is 19.8. The van der Waals surface area contributed by atoms with Crippen molar-refractivity contribution in [1.82, 2.24) is 4.98 Å². The second kappa shape index (κ2) is 7.58. The number of rotatable bonds is 4. The van der Waals surface area contributed by atoms with E-state index in [1.807, 2.05) is 44.2 Å². The maximum Gasteiger partial charge on any atom is 0.221 e. The topological polar surface area (TPSA) is 104 Å². The van der Waals surface area contributed by atoms with E-state index in [2.05, 4.69) is 37.6 Å². The summed E-state index contributed by atoms with van der Waals surface area (Å²) in [5, 5.41) is 16.5. The molecule has 2 aromatic carbocycles. The minimum Gasteiger partial charge on any atom is -0.354 e. The van der Waals surface area contributed by atoms with Crippen molar-refractivity contribution < 1.29 is 4.79 Å². The molecule has 0 fully saturated rings. The van der Waals surface area contributed by atoms with Gasteiger partial charge in [-0.25, -0.2) is 0 Å². The highest BCUT2D eigenvalue weighted by molar-refractivity contribution is 9.10. The Balaban J connectivity index is 2.31. The lowest BCUT2D eigenvalue weighted by molar-refractivity contribution is -0.114. The van der Waals surface area contributed by atoms with Crippen LogP contribution in [0.1, 0.15) is 31.9 Å². The highest BCUT2D eigenvalue weighted by Crippen LogP contribution is 2.36. The SMILES string of the molecule is CC(=O)Nc1cc(C(C)(C)N)c2ncc(C#N)c(Nc3cccc(Br)c3)c2c1. The van der Waals surface area contributed by atoms with Crippen molar-refractivity contribution in [3.63, 3.8) is 0 Å². The molecule has 1 amide bonds. The van der Waals surface area contributed by atoms with Crippen LogP contribution in [0, 0.1) is 11.3 Å². The molecule has 0 spiro atoms. The maximum absolute atomic E-state index is 11.6. The highest BCUT2D eigenvalue weighted by Gasteiger charge is 2.22. The van der Waals surface area contributed by atoms with Crippen molar-refractivity contribution in [3.05, 3.63) is 58.2 Å². The number of fused-ring (bicyclic) bond motifs is 1. The predicted octanol–water partition coefficient (Wildman–Crippen LogP) is 4.76. The lowest BCUT2D eigenvalue weighted by atomic mass is 9.91. The minimum absolute atomic E-state index is 0.189. The average molecular weight is 438 g/mol. The van der Waals surface area contributed by atoms with Crippen molar-refractivity contribution in [3.8, 4) is 6.07 Å². The van der Waals surface area contributed by atoms with Crippen molar-refractivity contribution in [2.24, 2.45) is 5.73 Å². The van der Waals surface area contributed by atoms with Crippen molar-refractivity contribution in [2.75, 3.05) is 10.6 Å². The fourth-order valence-electron chi connectivity index (χ4n) is 3.00. The number of hydrogen-bond acceptors (Lipinski definition) is 5. The molecular weight excluding hydrogens is 418 g/mol. The van der Waals surface area contributed by atoms with Gasteiger partial charge in [0, 0.05) is 39.9 Å². The average Bonchev–Trinajstić information content (AvgIpc) is 2.60. The van der Waals surface area contributed by atoms with Crippen LogP contribution in [0.5, 0.6) is 0 Å². The summed E-state index contributed by atoms with van der Waals surface area (Å²) in [4.78, 5) is 16.1. The Morgan fingerprint density at radius 2 is 2.00 bits per heavy atom. The first-order valence-corrected chi connectivity index (χ1v) is 9.44. The normalized spacial score (nSPS) is 11.1. The fraction of sp³-hybridized carbons (Fsp3) is 0.190. The van der Waals surface area contributed by atoms with E-state index in [0.29, 0.717) is 27.8 Å². The molecule has 6 nitrogen and oxygen atoms in total. The van der Waals surface area contributed by atoms with Crippen LogP contribution in [-0.2, 0) is 10.3 Å². The Hall–Kier alpha value is -2.95. The van der Waals surface area contributed by atoms with Gasteiger partial charge in [0.05, 0.1) is 16.8 Å². The number of halogens is 1. The molecule has 4 N–H and O–H groups in total. The lowest BCUT2D eigenvalue weighted by Crippen LogP contribution is -2.29. The van der Waals surface area contributed by atoms with E-state index in [1.165, 1.54) is 13.1 Å². The van der Waals surface area contributed by atoms with Gasteiger partial charge in [-0.1, -0.05) is 22.0 Å². The zero-order chi connectivity index (χ0) is 20.5. The molecule has 0 aliphatic heterocycles. The standard InChI is InChI=1S/C21H20BrN5O/c1-12(28)26-16-8-17-19(27-15-6-4-5-14(22)7-15)13(10-23)11-25-20(17)18(9-16)21(2,3)24/h4-9,11H,24H2,1-3H3,(H,25,27)(H,26,28). The molecule has 0 radical (unpaired) electrons. The van der Waals surface area contributed by atoms with Crippen LogP contribution in [-0.4, -0.2) is 10.9 Å². The molecule has 0 bridgehead atoms. The number of aromatic nitrogens is 1. The molecule has 0 atom stereocenters. The minimum atomic E-state index is -0.694. The first-order valence-electron chi connectivity index (χ1n) is 8.65. The number of pyridine rings is 1. The number of nitriles is 1. The molecular formula is C21H20BrN5O. The monoisotopic (exact) mass is 437 g/mol. The van der Waals surface area contributed by atoms with Gasteiger partial charge in [-0.3, -0.25) is 9.78 Å². The molecule has 0 aliphatic carbocycles. The van der Waals surface area contributed by atoms with E-state index < -0.39 is 5.54 Å². The number of amides is 1. The van der Waals surface area contributed by atoms with Crippen molar-refractivity contribution >= 4 is 49.8 Å². The Bertz CT molecular complexity index is 1110. The van der Waals surface area contributed by atoms with Gasteiger partial charge in [0.1, 0.15) is 6.07 Å². The Kier molecular flexibility index (Phi) is 5.36. The molecule has 3 rings (SSSR count). The maximum atomic E-state index is 11.6.